The molecule has 2 amide bonds. The molecule has 50 heavy (non-hydrogen) atoms. The van der Waals surface area contributed by atoms with Gasteiger partial charge in [0.1, 0.15) is 24.1 Å². The Kier molecular flexibility index (Phi) is 12.2. The first-order valence-corrected chi connectivity index (χ1v) is 21.2. The van der Waals surface area contributed by atoms with Gasteiger partial charge in [0.15, 0.2) is 11.9 Å². The van der Waals surface area contributed by atoms with Gasteiger partial charge in [-0.25, -0.2) is 18.3 Å². The van der Waals surface area contributed by atoms with Gasteiger partial charge in [-0.2, -0.15) is 13.2 Å². The van der Waals surface area contributed by atoms with E-state index in [9.17, 15) is 27.0 Å². The maximum Gasteiger partial charge on any atom is 0.414 e. The number of amides is 2. The molecule has 1 aromatic heterocycles. The van der Waals surface area contributed by atoms with E-state index >= 15 is 4.39 Å². The van der Waals surface area contributed by atoms with Crippen LogP contribution in [-0.4, -0.2) is 82.0 Å². The average Bonchev–Trinajstić information content (AvgIpc) is 3.50. The molecule has 16 heteroatoms. The number of halogens is 4. The Morgan fingerprint density at radius 3 is 2.12 bits per heavy atom. The van der Waals surface area contributed by atoms with Gasteiger partial charge in [0.2, 0.25) is 0 Å². The number of benzene rings is 2. The molecular weight excluding hydrogens is 697 g/mol. The number of hydrogen-bond donors (Lipinski definition) is 1. The SMILES string of the molecule is COC[C@H](c1ccc2c(nc([C@@H](NS(=O)C(C)(C)C)[C@@H](C)O[C@H](C)C(F)(F)F)n2COCC[Si](C)(C)C)c1F)N1C(=O)c2ccccc2C1=O. The Hall–Kier alpha value is -3.02. The van der Waals surface area contributed by atoms with Crippen LogP contribution in [0.15, 0.2) is 36.4 Å². The predicted molar refractivity (Wildman–Crippen MR) is 185 cm³/mol. The number of nitrogens with zero attached hydrogens (tertiary/aromatic N) is 3. The predicted octanol–water partition coefficient (Wildman–Crippen LogP) is 6.92. The topological polar surface area (TPSA) is 112 Å². The van der Waals surface area contributed by atoms with Crippen LogP contribution in [0.1, 0.15) is 78.8 Å². The Bertz CT molecular complexity index is 1700. The van der Waals surface area contributed by atoms with E-state index in [-0.39, 0.29) is 46.9 Å². The highest BCUT2D eigenvalue weighted by atomic mass is 32.2. The number of aromatic nitrogens is 2. The van der Waals surface area contributed by atoms with Crippen molar-refractivity contribution in [2.75, 3.05) is 20.3 Å². The van der Waals surface area contributed by atoms with Crippen molar-refractivity contribution in [1.82, 2.24) is 19.2 Å². The van der Waals surface area contributed by atoms with Crippen LogP contribution >= 0.6 is 0 Å². The van der Waals surface area contributed by atoms with Crippen LogP contribution in [0.4, 0.5) is 17.6 Å². The summed E-state index contributed by atoms with van der Waals surface area (Å²) in [5.74, 6) is -2.04. The Labute approximate surface area is 293 Å². The standard InChI is InChI=1S/C34H46F4N4O6SSi/c1-20(48-21(2)34(36,37)38)28(40-49(45)33(3,4)5)30-39-29-25(41(30)19-47-16-17-50(7,8)9)15-14-24(27(29)35)26(18-46-6)42-31(43)22-12-10-11-13-23(22)32(42)44/h10-15,20-21,26,28,40H,16-19H2,1-9H3/t20-,21-,26-,28+,49?/m1/s1. The second-order valence-electron chi connectivity index (χ2n) is 14.6. The smallest absolute Gasteiger partial charge is 0.382 e. The number of hydrogen-bond acceptors (Lipinski definition) is 7. The lowest BCUT2D eigenvalue weighted by Crippen LogP contribution is -2.43. The van der Waals surface area contributed by atoms with Crippen molar-refractivity contribution >= 4 is 41.9 Å². The molecule has 10 nitrogen and oxygen atoms in total. The van der Waals surface area contributed by atoms with Gasteiger partial charge >= 0.3 is 6.18 Å². The lowest BCUT2D eigenvalue weighted by molar-refractivity contribution is -0.227. The highest BCUT2D eigenvalue weighted by Crippen LogP contribution is 2.37. The van der Waals surface area contributed by atoms with E-state index in [1.165, 1.54) is 36.8 Å². The summed E-state index contributed by atoms with van der Waals surface area (Å²) in [6.07, 6.45) is -8.10. The summed E-state index contributed by atoms with van der Waals surface area (Å²) in [6, 6.07) is 7.69. The molecule has 1 aliphatic rings. The van der Waals surface area contributed by atoms with Crippen LogP contribution in [0.25, 0.3) is 11.0 Å². The van der Waals surface area contributed by atoms with Gasteiger partial charge in [0, 0.05) is 27.4 Å². The number of rotatable bonds is 15. The zero-order valence-corrected chi connectivity index (χ0v) is 31.6. The minimum Gasteiger partial charge on any atom is -0.382 e. The van der Waals surface area contributed by atoms with E-state index in [1.807, 2.05) is 0 Å². The molecule has 0 saturated heterocycles. The van der Waals surface area contributed by atoms with Crippen LogP contribution in [0.3, 0.4) is 0 Å². The number of ether oxygens (including phenoxy) is 3. The number of nitrogens with one attached hydrogen (secondary N) is 1. The van der Waals surface area contributed by atoms with E-state index < -0.39 is 71.9 Å². The van der Waals surface area contributed by atoms with Gasteiger partial charge in [0.05, 0.1) is 51.1 Å². The summed E-state index contributed by atoms with van der Waals surface area (Å²) in [4.78, 5) is 32.4. The lowest BCUT2D eigenvalue weighted by atomic mass is 10.0. The van der Waals surface area contributed by atoms with Crippen molar-refractivity contribution in [3.8, 4) is 0 Å². The fourth-order valence-electron chi connectivity index (χ4n) is 5.44. The Morgan fingerprint density at radius 2 is 1.60 bits per heavy atom. The number of fused-ring (bicyclic) bond motifs is 2. The van der Waals surface area contributed by atoms with Crippen molar-refractivity contribution in [1.29, 1.82) is 0 Å². The van der Waals surface area contributed by atoms with E-state index in [0.29, 0.717) is 6.61 Å². The molecule has 0 bridgehead atoms. The molecule has 0 saturated carbocycles. The summed E-state index contributed by atoms with van der Waals surface area (Å²) < 4.78 is 91.5. The van der Waals surface area contributed by atoms with E-state index in [1.54, 1.807) is 39.0 Å². The molecule has 0 radical (unpaired) electrons. The number of alkyl halides is 3. The summed E-state index contributed by atoms with van der Waals surface area (Å²) in [7, 11) is -1.96. The molecule has 0 spiro atoms. The first-order chi connectivity index (χ1) is 23.2. The summed E-state index contributed by atoms with van der Waals surface area (Å²) >= 11 is 0. The normalized spacial score (nSPS) is 17.3. The molecule has 276 valence electrons. The average molecular weight is 743 g/mol. The number of carbonyl (C=O) groups excluding carboxylic acids is 2. The molecule has 2 aromatic carbocycles. The summed E-state index contributed by atoms with van der Waals surface area (Å²) in [5, 5.41) is 0. The molecule has 1 N–H and O–H groups in total. The lowest BCUT2D eigenvalue weighted by Gasteiger charge is -2.30. The molecule has 4 rings (SSSR count). The molecule has 1 aliphatic heterocycles. The van der Waals surface area contributed by atoms with Gasteiger partial charge < -0.3 is 18.8 Å². The quantitative estimate of drug-likeness (QED) is 0.0779. The van der Waals surface area contributed by atoms with Crippen LogP contribution < -0.4 is 4.72 Å². The zero-order chi connectivity index (χ0) is 37.3. The van der Waals surface area contributed by atoms with E-state index in [2.05, 4.69) is 29.3 Å². The maximum atomic E-state index is 16.8. The fourth-order valence-corrected chi connectivity index (χ4v) is 7.08. The Morgan fingerprint density at radius 1 is 1.00 bits per heavy atom. The number of carbonyl (C=O) groups is 2. The van der Waals surface area contributed by atoms with Crippen molar-refractivity contribution in [2.24, 2.45) is 0 Å². The number of imidazole rings is 1. The van der Waals surface area contributed by atoms with Crippen LogP contribution in [0.2, 0.25) is 25.7 Å². The molecule has 3 aromatic rings. The van der Waals surface area contributed by atoms with Gasteiger partial charge in [-0.3, -0.25) is 14.5 Å². The molecular formula is C34H46F4N4O6SSi. The molecule has 0 aliphatic carbocycles. The monoisotopic (exact) mass is 742 g/mol. The largest absolute Gasteiger partial charge is 0.414 e. The summed E-state index contributed by atoms with van der Waals surface area (Å²) in [6.45, 7) is 13.9. The van der Waals surface area contributed by atoms with E-state index in [0.717, 1.165) is 17.9 Å². The van der Waals surface area contributed by atoms with Crippen molar-refractivity contribution in [3.05, 3.63) is 64.7 Å². The fraction of sp³-hybridized carbons (Fsp3) is 0.559. The minimum absolute atomic E-state index is 0.0348. The van der Waals surface area contributed by atoms with Crippen molar-refractivity contribution < 1.29 is 45.6 Å². The van der Waals surface area contributed by atoms with Gasteiger partial charge in [0.25, 0.3) is 11.8 Å². The second-order valence-corrected chi connectivity index (χ2v) is 22.2. The zero-order valence-electron chi connectivity index (χ0n) is 29.8. The van der Waals surface area contributed by atoms with E-state index in [4.69, 9.17) is 14.2 Å². The second kappa shape index (κ2) is 15.3. The number of methoxy groups -OCH3 is 1. The number of imide groups is 1. The van der Waals surface area contributed by atoms with Gasteiger partial charge in [-0.15, -0.1) is 0 Å². The van der Waals surface area contributed by atoms with Crippen molar-refractivity contribution in [2.45, 2.75) is 102 Å². The molecule has 0 fully saturated rings. The highest BCUT2D eigenvalue weighted by Gasteiger charge is 2.43. The van der Waals surface area contributed by atoms with Crippen LogP contribution in [0.5, 0.6) is 0 Å². The third-order valence-corrected chi connectivity index (χ3v) is 11.7. The maximum absolute atomic E-state index is 16.8. The van der Waals surface area contributed by atoms with Crippen LogP contribution in [-0.2, 0) is 31.9 Å². The first-order valence-electron chi connectivity index (χ1n) is 16.3. The molecule has 2 heterocycles. The van der Waals surface area contributed by atoms with Crippen LogP contribution in [0, 0.1) is 5.82 Å². The highest BCUT2D eigenvalue weighted by molar-refractivity contribution is 7.84. The molecule has 5 atom stereocenters. The third-order valence-electron chi connectivity index (χ3n) is 8.37. The van der Waals surface area contributed by atoms with Crippen molar-refractivity contribution in [3.63, 3.8) is 0 Å². The van der Waals surface area contributed by atoms with Gasteiger partial charge in [-0.05, 0) is 58.9 Å². The summed E-state index contributed by atoms with van der Waals surface area (Å²) in [5.41, 5.74) is 0.364. The first kappa shape index (κ1) is 39.8. The minimum atomic E-state index is -4.68. The molecule has 1 unspecified atom stereocenters. The van der Waals surface area contributed by atoms with Gasteiger partial charge in [-0.1, -0.05) is 37.8 Å². The third kappa shape index (κ3) is 8.70. The Balaban J connectivity index is 1.87.